The first-order valence-corrected chi connectivity index (χ1v) is 10.9. The smallest absolute Gasteiger partial charge is 0.305 e. The quantitative estimate of drug-likeness (QED) is 0.636. The molecule has 1 N–H and O–H groups in total. The van der Waals surface area contributed by atoms with Gasteiger partial charge in [0.25, 0.3) is 0 Å². The minimum atomic E-state index is -0.817. The first-order chi connectivity index (χ1) is 14.6. The van der Waals surface area contributed by atoms with E-state index in [0.29, 0.717) is 12.4 Å². The van der Waals surface area contributed by atoms with Gasteiger partial charge in [-0.05, 0) is 57.1 Å². The number of ether oxygens (including phenoxy) is 1. The summed E-state index contributed by atoms with van der Waals surface area (Å²) in [4.78, 5) is 26.7. The third-order valence-corrected chi connectivity index (χ3v) is 6.04. The summed E-state index contributed by atoms with van der Waals surface area (Å²) in [5.41, 5.74) is 4.72. The third kappa shape index (κ3) is 5.21. The zero-order valence-corrected chi connectivity index (χ0v) is 17.6. The van der Waals surface area contributed by atoms with Gasteiger partial charge in [0.15, 0.2) is 0 Å². The third-order valence-electron chi connectivity index (χ3n) is 6.04. The number of nitrogens with zero attached hydrogens (tertiary/aromatic N) is 4. The van der Waals surface area contributed by atoms with Gasteiger partial charge in [0.05, 0.1) is 12.5 Å². The second-order valence-corrected chi connectivity index (χ2v) is 8.34. The van der Waals surface area contributed by atoms with Crippen LogP contribution >= 0.6 is 0 Å². The molecule has 160 valence electrons. The first kappa shape index (κ1) is 20.9. The molecule has 0 radical (unpaired) electrons. The predicted octanol–water partition coefficient (Wildman–Crippen LogP) is 2.91. The van der Waals surface area contributed by atoms with Crippen LogP contribution in [-0.2, 0) is 28.8 Å². The maximum Gasteiger partial charge on any atom is 0.305 e. The van der Waals surface area contributed by atoms with Gasteiger partial charge < -0.3 is 9.84 Å². The van der Waals surface area contributed by atoms with Gasteiger partial charge in [0, 0.05) is 55.1 Å². The number of fused-ring (bicyclic) bond motifs is 1. The van der Waals surface area contributed by atoms with Crippen molar-refractivity contribution in [2.45, 2.75) is 64.0 Å². The SMILES string of the molecule is Cc1ncc([C@H](CC(=O)O)N2CC(OCCCc3ccc4c(n3)CCCC4)C2)cn1. The molecule has 0 amide bonds. The van der Waals surface area contributed by atoms with E-state index in [9.17, 15) is 9.90 Å². The Bertz CT molecular complexity index is 865. The van der Waals surface area contributed by atoms with Crippen molar-refractivity contribution in [3.63, 3.8) is 0 Å². The number of pyridine rings is 1. The Morgan fingerprint density at radius 1 is 1.23 bits per heavy atom. The molecule has 0 saturated carbocycles. The molecule has 30 heavy (non-hydrogen) atoms. The Balaban J connectivity index is 1.21. The lowest BCUT2D eigenvalue weighted by atomic mass is 9.95. The van der Waals surface area contributed by atoms with Gasteiger partial charge in [0.1, 0.15) is 5.82 Å². The fourth-order valence-corrected chi connectivity index (χ4v) is 4.30. The molecular formula is C23H30N4O3. The van der Waals surface area contributed by atoms with Gasteiger partial charge in [-0.1, -0.05) is 6.07 Å². The van der Waals surface area contributed by atoms with E-state index in [1.807, 2.05) is 6.92 Å². The van der Waals surface area contributed by atoms with E-state index in [1.165, 1.54) is 30.5 Å². The molecule has 1 saturated heterocycles. The number of aliphatic carboxylic acids is 1. The second-order valence-electron chi connectivity index (χ2n) is 8.34. The Kier molecular flexibility index (Phi) is 6.69. The zero-order chi connectivity index (χ0) is 20.9. The minimum absolute atomic E-state index is 0.0448. The molecule has 2 aliphatic rings. The highest BCUT2D eigenvalue weighted by molar-refractivity contribution is 5.67. The van der Waals surface area contributed by atoms with Crippen molar-refractivity contribution in [3.05, 3.63) is 52.9 Å². The molecule has 1 atom stereocenters. The van der Waals surface area contributed by atoms with Crippen LogP contribution in [0.2, 0.25) is 0 Å². The summed E-state index contributed by atoms with van der Waals surface area (Å²) >= 11 is 0. The molecule has 2 aromatic rings. The van der Waals surface area contributed by atoms with Gasteiger partial charge in [-0.2, -0.15) is 0 Å². The molecule has 7 heteroatoms. The highest BCUT2D eigenvalue weighted by atomic mass is 16.5. The average molecular weight is 411 g/mol. The van der Waals surface area contributed by atoms with Gasteiger partial charge in [-0.15, -0.1) is 0 Å². The molecule has 4 rings (SSSR count). The number of aromatic nitrogens is 3. The summed E-state index contributed by atoms with van der Waals surface area (Å²) in [6, 6.07) is 4.21. The van der Waals surface area contributed by atoms with Crippen molar-refractivity contribution in [3.8, 4) is 0 Å². The van der Waals surface area contributed by atoms with Crippen molar-refractivity contribution in [2.24, 2.45) is 0 Å². The molecule has 3 heterocycles. The van der Waals surface area contributed by atoms with Crippen molar-refractivity contribution in [1.82, 2.24) is 19.9 Å². The summed E-state index contributed by atoms with van der Waals surface area (Å²) in [6.45, 7) is 4.00. The van der Waals surface area contributed by atoms with E-state index in [4.69, 9.17) is 9.72 Å². The predicted molar refractivity (Wildman–Crippen MR) is 112 cm³/mol. The van der Waals surface area contributed by atoms with Crippen LogP contribution in [0.4, 0.5) is 0 Å². The van der Waals surface area contributed by atoms with E-state index in [1.54, 1.807) is 12.4 Å². The van der Waals surface area contributed by atoms with Crippen LogP contribution in [0.15, 0.2) is 24.5 Å². The summed E-state index contributed by atoms with van der Waals surface area (Å²) in [5, 5.41) is 9.29. The molecule has 7 nitrogen and oxygen atoms in total. The standard InChI is InChI=1S/C23H30N4O3/c1-16-24-12-18(13-25-16)22(11-23(28)29)27-14-20(15-27)30-10-4-6-19-9-8-17-5-2-3-7-21(17)26-19/h8-9,12-13,20,22H,2-7,10-11,14-15H2,1H3,(H,28,29)/t22-/m0/s1. The lowest BCUT2D eigenvalue weighted by Gasteiger charge is -2.43. The number of carbonyl (C=O) groups is 1. The molecule has 1 aliphatic carbocycles. The molecule has 1 fully saturated rings. The molecule has 0 aromatic carbocycles. The van der Waals surface area contributed by atoms with Gasteiger partial charge >= 0.3 is 5.97 Å². The zero-order valence-electron chi connectivity index (χ0n) is 17.6. The summed E-state index contributed by atoms with van der Waals surface area (Å²) < 4.78 is 6.00. The largest absolute Gasteiger partial charge is 0.481 e. The average Bonchev–Trinajstić information content (AvgIpc) is 2.71. The van der Waals surface area contributed by atoms with E-state index < -0.39 is 5.97 Å². The number of carboxylic acids is 1. The normalized spacial score (nSPS) is 17.9. The minimum Gasteiger partial charge on any atom is -0.481 e. The monoisotopic (exact) mass is 410 g/mol. The Labute approximate surface area is 177 Å². The highest BCUT2D eigenvalue weighted by Gasteiger charge is 2.35. The van der Waals surface area contributed by atoms with Crippen LogP contribution in [0, 0.1) is 6.92 Å². The van der Waals surface area contributed by atoms with E-state index >= 15 is 0 Å². The maximum absolute atomic E-state index is 11.3. The van der Waals surface area contributed by atoms with Gasteiger partial charge in [0.2, 0.25) is 0 Å². The van der Waals surface area contributed by atoms with Gasteiger partial charge in [-0.3, -0.25) is 14.7 Å². The second kappa shape index (κ2) is 9.62. The highest BCUT2D eigenvalue weighted by Crippen LogP contribution is 2.29. The molecule has 2 aromatic heterocycles. The Morgan fingerprint density at radius 2 is 2.00 bits per heavy atom. The number of rotatable bonds is 9. The Hall–Kier alpha value is -2.38. The molecule has 0 unspecified atom stereocenters. The number of likely N-dealkylation sites (tertiary alicyclic amines) is 1. The number of hydrogen-bond donors (Lipinski definition) is 1. The number of hydrogen-bond acceptors (Lipinski definition) is 6. The van der Waals surface area contributed by atoms with Crippen molar-refractivity contribution < 1.29 is 14.6 Å². The summed E-state index contributed by atoms with van der Waals surface area (Å²) in [5.74, 6) is -0.131. The van der Waals surface area contributed by atoms with Crippen molar-refractivity contribution >= 4 is 5.97 Å². The topological polar surface area (TPSA) is 88.4 Å². The van der Waals surface area contributed by atoms with Crippen molar-refractivity contribution in [1.29, 1.82) is 0 Å². The van der Waals surface area contributed by atoms with E-state index in [-0.39, 0.29) is 18.6 Å². The van der Waals surface area contributed by atoms with Crippen LogP contribution in [0.25, 0.3) is 0 Å². The lowest BCUT2D eigenvalue weighted by molar-refractivity contribution is -0.140. The summed E-state index contributed by atoms with van der Waals surface area (Å²) in [7, 11) is 0. The van der Waals surface area contributed by atoms with Crippen molar-refractivity contribution in [2.75, 3.05) is 19.7 Å². The summed E-state index contributed by atoms with van der Waals surface area (Å²) in [6.07, 6.45) is 10.4. The molecule has 0 bridgehead atoms. The fourth-order valence-electron chi connectivity index (χ4n) is 4.30. The van der Waals surface area contributed by atoms with E-state index in [0.717, 1.165) is 43.6 Å². The number of aryl methyl sites for hydroxylation is 4. The lowest BCUT2D eigenvalue weighted by Crippen LogP contribution is -2.53. The van der Waals surface area contributed by atoms with Crippen LogP contribution in [0.5, 0.6) is 0 Å². The van der Waals surface area contributed by atoms with Crippen LogP contribution < -0.4 is 0 Å². The van der Waals surface area contributed by atoms with Crippen LogP contribution in [0.3, 0.4) is 0 Å². The Morgan fingerprint density at radius 3 is 2.77 bits per heavy atom. The first-order valence-electron chi connectivity index (χ1n) is 10.9. The fraction of sp³-hybridized carbons (Fsp3) is 0.565. The van der Waals surface area contributed by atoms with Crippen LogP contribution in [-0.4, -0.2) is 56.7 Å². The van der Waals surface area contributed by atoms with Gasteiger partial charge in [-0.25, -0.2) is 9.97 Å². The van der Waals surface area contributed by atoms with E-state index in [2.05, 4.69) is 27.0 Å². The maximum atomic E-state index is 11.3. The molecule has 0 spiro atoms. The molecule has 1 aliphatic heterocycles. The number of carboxylic acid groups (broad SMARTS) is 1. The van der Waals surface area contributed by atoms with Crippen LogP contribution in [0.1, 0.15) is 60.1 Å². The molecular weight excluding hydrogens is 380 g/mol.